The minimum atomic E-state index is -1.13. The molecule has 178 valence electrons. The second-order valence-corrected chi connectivity index (χ2v) is 8.75. The number of aryl methyl sites for hydroxylation is 2. The fourth-order valence-corrected chi connectivity index (χ4v) is 4.51. The van der Waals surface area contributed by atoms with Crippen LogP contribution in [-0.2, 0) is 19.2 Å². The summed E-state index contributed by atoms with van der Waals surface area (Å²) in [5, 5.41) is 0.990. The van der Waals surface area contributed by atoms with Crippen molar-refractivity contribution in [3.05, 3.63) is 101 Å². The maximum atomic E-state index is 13.5. The number of benzene rings is 3. The van der Waals surface area contributed by atoms with Crippen molar-refractivity contribution >= 4 is 29.3 Å². The first-order valence-electron chi connectivity index (χ1n) is 11.4. The summed E-state index contributed by atoms with van der Waals surface area (Å²) in [7, 11) is 0. The summed E-state index contributed by atoms with van der Waals surface area (Å²) in [5.74, 6) is -2.68. The van der Waals surface area contributed by atoms with Gasteiger partial charge in [-0.15, -0.1) is 0 Å². The maximum absolute atomic E-state index is 13.5. The van der Waals surface area contributed by atoms with Crippen LogP contribution < -0.4 is 10.3 Å². The summed E-state index contributed by atoms with van der Waals surface area (Å²) >= 11 is 0. The van der Waals surface area contributed by atoms with Crippen LogP contribution in [0.1, 0.15) is 41.5 Å². The van der Waals surface area contributed by atoms with Crippen LogP contribution in [-0.4, -0.2) is 34.7 Å². The molecule has 1 unspecified atom stereocenters. The first-order chi connectivity index (χ1) is 16.8. The predicted octanol–water partition coefficient (Wildman–Crippen LogP) is 3.65. The van der Waals surface area contributed by atoms with E-state index >= 15 is 0 Å². The van der Waals surface area contributed by atoms with Gasteiger partial charge in [0.25, 0.3) is 11.8 Å². The second kappa shape index (κ2) is 9.93. The van der Waals surface area contributed by atoms with E-state index in [4.69, 9.17) is 0 Å². The number of hydrogen-bond acceptors (Lipinski definition) is 4. The molecule has 3 aromatic rings. The van der Waals surface area contributed by atoms with E-state index < -0.39 is 35.6 Å². The molecule has 1 heterocycles. The topological polar surface area (TPSA) is 86.8 Å². The van der Waals surface area contributed by atoms with Gasteiger partial charge in [0.2, 0.25) is 11.8 Å². The monoisotopic (exact) mass is 469 g/mol. The van der Waals surface area contributed by atoms with Gasteiger partial charge in [-0.1, -0.05) is 66.7 Å². The van der Waals surface area contributed by atoms with Crippen LogP contribution in [0.2, 0.25) is 0 Å². The Morgan fingerprint density at radius 2 is 1.40 bits per heavy atom. The minimum Gasteiger partial charge on any atom is -0.274 e. The number of imide groups is 1. The summed E-state index contributed by atoms with van der Waals surface area (Å²) in [5.41, 5.74) is 6.41. The van der Waals surface area contributed by atoms with Gasteiger partial charge < -0.3 is 0 Å². The summed E-state index contributed by atoms with van der Waals surface area (Å²) in [4.78, 5) is 53.4. The van der Waals surface area contributed by atoms with Gasteiger partial charge in [0, 0.05) is 6.92 Å². The molecule has 0 aliphatic carbocycles. The molecule has 7 heteroatoms. The molecule has 1 N–H and O–H groups in total. The Labute approximate surface area is 204 Å². The zero-order valence-corrected chi connectivity index (χ0v) is 19.9. The Balaban J connectivity index is 1.63. The molecule has 0 spiro atoms. The van der Waals surface area contributed by atoms with Gasteiger partial charge in [-0.2, -0.15) is 0 Å². The van der Waals surface area contributed by atoms with Gasteiger partial charge in [-0.05, 0) is 48.2 Å². The lowest BCUT2D eigenvalue weighted by Gasteiger charge is -2.29. The number of nitrogens with one attached hydrogen (secondary N) is 1. The van der Waals surface area contributed by atoms with Crippen LogP contribution in [0.4, 0.5) is 5.69 Å². The Kier molecular flexibility index (Phi) is 6.78. The molecule has 0 bridgehead atoms. The molecule has 3 aromatic carbocycles. The number of rotatable bonds is 5. The van der Waals surface area contributed by atoms with Crippen molar-refractivity contribution in [2.75, 3.05) is 4.90 Å². The highest BCUT2D eigenvalue weighted by atomic mass is 16.2. The average molecular weight is 470 g/mol. The number of amides is 4. The Hall–Kier alpha value is -4.26. The molecule has 4 rings (SSSR count). The molecule has 35 heavy (non-hydrogen) atoms. The van der Waals surface area contributed by atoms with Gasteiger partial charge in [-0.3, -0.25) is 24.6 Å². The summed E-state index contributed by atoms with van der Waals surface area (Å²) in [6, 6.07) is 22.7. The van der Waals surface area contributed by atoms with Crippen LogP contribution in [0.5, 0.6) is 0 Å². The smallest absolute Gasteiger partial charge is 0.259 e. The molecule has 1 fully saturated rings. The molecule has 0 aromatic heterocycles. The lowest BCUT2D eigenvalue weighted by atomic mass is 9.91. The normalized spacial score (nSPS) is 15.4. The van der Waals surface area contributed by atoms with E-state index in [1.54, 1.807) is 12.1 Å². The van der Waals surface area contributed by atoms with Crippen LogP contribution in [0.25, 0.3) is 0 Å². The van der Waals surface area contributed by atoms with Crippen molar-refractivity contribution in [2.45, 2.75) is 39.2 Å². The number of hydrazine groups is 1. The summed E-state index contributed by atoms with van der Waals surface area (Å²) < 4.78 is 0. The first kappa shape index (κ1) is 23.9. The highest BCUT2D eigenvalue weighted by Crippen LogP contribution is 2.29. The minimum absolute atomic E-state index is 0.215. The van der Waals surface area contributed by atoms with Crippen molar-refractivity contribution in [1.82, 2.24) is 10.4 Å². The number of anilines is 1. The lowest BCUT2D eigenvalue weighted by Crippen LogP contribution is -2.55. The third-order valence-corrected chi connectivity index (χ3v) is 6.00. The van der Waals surface area contributed by atoms with Gasteiger partial charge >= 0.3 is 0 Å². The average Bonchev–Trinajstić information content (AvgIpc) is 3.11. The molecule has 0 saturated carbocycles. The fraction of sp³-hybridized carbons (Fsp3) is 0.214. The van der Waals surface area contributed by atoms with Crippen molar-refractivity contribution in [2.24, 2.45) is 0 Å². The molecule has 1 atom stereocenters. The lowest BCUT2D eigenvalue weighted by molar-refractivity contribution is -0.146. The van der Waals surface area contributed by atoms with Crippen molar-refractivity contribution in [3.63, 3.8) is 0 Å². The highest BCUT2D eigenvalue weighted by molar-refractivity contribution is 6.23. The van der Waals surface area contributed by atoms with E-state index in [-0.39, 0.29) is 6.42 Å². The highest BCUT2D eigenvalue weighted by Gasteiger charge is 2.45. The largest absolute Gasteiger partial charge is 0.274 e. The van der Waals surface area contributed by atoms with Gasteiger partial charge in [0.1, 0.15) is 6.04 Å². The van der Waals surface area contributed by atoms with Gasteiger partial charge in [-0.25, -0.2) is 9.91 Å². The summed E-state index contributed by atoms with van der Waals surface area (Å²) in [6.45, 7) is 5.03. The third-order valence-electron chi connectivity index (χ3n) is 6.00. The molecular weight excluding hydrogens is 442 g/mol. The molecule has 1 saturated heterocycles. The first-order valence-corrected chi connectivity index (χ1v) is 11.4. The predicted molar refractivity (Wildman–Crippen MR) is 132 cm³/mol. The standard InChI is InChI=1S/C28H27N3O4/c1-18-14-19(2)16-23(15-18)30-25(33)17-24(28(30)35)31(20(3)32)29-27(34)26(21-10-6-4-7-11-21)22-12-8-5-9-13-22/h4-16,24,26H,17H2,1-3H3,(H,29,34). The van der Waals surface area contributed by atoms with Gasteiger partial charge in [0.15, 0.2) is 0 Å². The Bertz CT molecular complexity index is 1210. The van der Waals surface area contributed by atoms with E-state index in [2.05, 4.69) is 5.43 Å². The molecule has 0 radical (unpaired) electrons. The summed E-state index contributed by atoms with van der Waals surface area (Å²) in [6.07, 6.45) is -0.215. The number of carbonyl (C=O) groups is 4. The fourth-order valence-electron chi connectivity index (χ4n) is 4.51. The quantitative estimate of drug-likeness (QED) is 0.457. The molecule has 1 aliphatic rings. The zero-order chi connectivity index (χ0) is 25.1. The molecule has 7 nitrogen and oxygen atoms in total. The van der Waals surface area contributed by atoms with Gasteiger partial charge in [0.05, 0.1) is 18.0 Å². The third kappa shape index (κ3) is 4.99. The van der Waals surface area contributed by atoms with Crippen LogP contribution in [0.3, 0.4) is 0 Å². The van der Waals surface area contributed by atoms with E-state index in [1.807, 2.05) is 80.6 Å². The SMILES string of the molecule is CC(=O)N(NC(=O)C(c1ccccc1)c1ccccc1)C1CC(=O)N(c2cc(C)cc(C)c2)C1=O. The molecule has 1 aliphatic heterocycles. The van der Waals surface area contributed by atoms with Crippen molar-refractivity contribution in [1.29, 1.82) is 0 Å². The maximum Gasteiger partial charge on any atom is 0.259 e. The van der Waals surface area contributed by atoms with E-state index in [9.17, 15) is 19.2 Å². The van der Waals surface area contributed by atoms with E-state index in [1.165, 1.54) is 6.92 Å². The van der Waals surface area contributed by atoms with Crippen LogP contribution >= 0.6 is 0 Å². The van der Waals surface area contributed by atoms with E-state index in [0.717, 1.165) is 32.2 Å². The Morgan fingerprint density at radius 3 is 1.89 bits per heavy atom. The number of hydrogen-bond donors (Lipinski definition) is 1. The number of nitrogens with zero attached hydrogens (tertiary/aromatic N) is 2. The van der Waals surface area contributed by atoms with Crippen LogP contribution in [0, 0.1) is 13.8 Å². The van der Waals surface area contributed by atoms with E-state index in [0.29, 0.717) is 5.69 Å². The number of carbonyl (C=O) groups excluding carboxylic acids is 4. The van der Waals surface area contributed by atoms with Crippen molar-refractivity contribution < 1.29 is 19.2 Å². The second-order valence-electron chi connectivity index (χ2n) is 8.75. The molecule has 4 amide bonds. The van der Waals surface area contributed by atoms with Crippen molar-refractivity contribution in [3.8, 4) is 0 Å². The molecular formula is C28H27N3O4. The van der Waals surface area contributed by atoms with Crippen LogP contribution in [0.15, 0.2) is 78.9 Å². The zero-order valence-electron chi connectivity index (χ0n) is 19.9. The Morgan fingerprint density at radius 1 is 0.886 bits per heavy atom.